The largest absolute Gasteiger partial charge is 0.0530 e. The first kappa shape index (κ1) is 9.55. The lowest BCUT2D eigenvalue weighted by molar-refractivity contribution is 0.482. The van der Waals surface area contributed by atoms with Crippen LogP contribution in [0.2, 0.25) is 0 Å². The fourth-order valence-corrected chi connectivity index (χ4v) is 3.06. The second kappa shape index (κ2) is 5.02. The van der Waals surface area contributed by atoms with E-state index >= 15 is 0 Å². The second-order valence-corrected chi connectivity index (χ2v) is 5.06. The van der Waals surface area contributed by atoms with Gasteiger partial charge in [-0.15, -0.1) is 0 Å². The zero-order valence-corrected chi connectivity index (χ0v) is 8.80. The first-order valence-corrected chi connectivity index (χ1v) is 6.27. The Labute approximate surface area is 83.1 Å². The van der Waals surface area contributed by atoms with E-state index in [1.165, 1.54) is 64.2 Å². The molecule has 0 aliphatic heterocycles. The molecule has 2 fully saturated rings. The van der Waals surface area contributed by atoms with Gasteiger partial charge in [-0.2, -0.15) is 0 Å². The molecule has 13 heavy (non-hydrogen) atoms. The molecule has 2 rings (SSSR count). The van der Waals surface area contributed by atoms with Gasteiger partial charge in [-0.25, -0.2) is 0 Å². The van der Waals surface area contributed by atoms with Gasteiger partial charge in [0.05, 0.1) is 0 Å². The van der Waals surface area contributed by atoms with Crippen molar-refractivity contribution in [1.29, 1.82) is 0 Å². The Bertz CT molecular complexity index is 111. The lowest BCUT2D eigenvalue weighted by atomic mass is 9.95. The maximum absolute atomic E-state index is 2.60. The van der Waals surface area contributed by atoms with Gasteiger partial charge in [-0.1, -0.05) is 51.4 Å². The second-order valence-electron chi connectivity index (χ2n) is 5.06. The predicted molar refractivity (Wildman–Crippen MR) is 57.5 cm³/mol. The molecule has 1 radical (unpaired) electrons. The predicted octanol–water partition coefficient (Wildman–Crippen LogP) is 4.35. The highest BCUT2D eigenvalue weighted by Crippen LogP contribution is 2.32. The summed E-state index contributed by atoms with van der Waals surface area (Å²) in [6.07, 6.45) is 17.5. The lowest BCUT2D eigenvalue weighted by Gasteiger charge is -2.11. The smallest absolute Gasteiger partial charge is 0.0380 e. The van der Waals surface area contributed by atoms with Crippen LogP contribution < -0.4 is 0 Å². The highest BCUT2D eigenvalue weighted by molar-refractivity contribution is 4.79. The summed E-state index contributed by atoms with van der Waals surface area (Å²) in [6.45, 7) is 0. The molecule has 0 aromatic heterocycles. The average Bonchev–Trinajstić information content (AvgIpc) is 2.75. The monoisotopic (exact) mass is 179 g/mol. The molecule has 75 valence electrons. The van der Waals surface area contributed by atoms with Crippen LogP contribution in [0.5, 0.6) is 0 Å². The van der Waals surface area contributed by atoms with Crippen molar-refractivity contribution in [2.45, 2.75) is 64.2 Å². The summed E-state index contributed by atoms with van der Waals surface area (Å²) in [7, 11) is 0. The van der Waals surface area contributed by atoms with Crippen molar-refractivity contribution < 1.29 is 0 Å². The number of hydrogen-bond acceptors (Lipinski definition) is 0. The normalized spacial score (nSPS) is 25.8. The van der Waals surface area contributed by atoms with Gasteiger partial charge in [-0.05, 0) is 31.1 Å². The molecule has 0 amide bonds. The molecule has 0 atom stereocenters. The molecule has 0 bridgehead atoms. The van der Waals surface area contributed by atoms with Crippen LogP contribution in [0, 0.1) is 18.3 Å². The molecule has 0 N–H and O–H groups in total. The molecule has 0 unspecified atom stereocenters. The van der Waals surface area contributed by atoms with Gasteiger partial charge in [-0.3, -0.25) is 0 Å². The van der Waals surface area contributed by atoms with E-state index in [1.807, 2.05) is 0 Å². The highest BCUT2D eigenvalue weighted by Gasteiger charge is 2.17. The average molecular weight is 179 g/mol. The molecule has 2 aliphatic rings. The van der Waals surface area contributed by atoms with Crippen LogP contribution >= 0.6 is 0 Å². The quantitative estimate of drug-likeness (QED) is 0.602. The lowest BCUT2D eigenvalue weighted by Crippen LogP contribution is -1.98. The molecule has 0 heterocycles. The van der Waals surface area contributed by atoms with Crippen molar-refractivity contribution in [3.05, 3.63) is 6.42 Å². The van der Waals surface area contributed by atoms with Crippen LogP contribution in [0.25, 0.3) is 0 Å². The van der Waals surface area contributed by atoms with E-state index in [1.54, 1.807) is 0 Å². The van der Waals surface area contributed by atoms with Crippen molar-refractivity contribution in [3.63, 3.8) is 0 Å². The SMILES string of the molecule is [CH](CC1CCCC1)CC1CCCC1. The highest BCUT2D eigenvalue weighted by atomic mass is 14.2. The fraction of sp³-hybridized carbons (Fsp3) is 0.923. The van der Waals surface area contributed by atoms with E-state index in [-0.39, 0.29) is 0 Å². The Hall–Kier alpha value is 0. The summed E-state index contributed by atoms with van der Waals surface area (Å²) >= 11 is 0. The van der Waals surface area contributed by atoms with E-state index < -0.39 is 0 Å². The van der Waals surface area contributed by atoms with E-state index in [0.717, 1.165) is 11.8 Å². The van der Waals surface area contributed by atoms with Crippen molar-refractivity contribution in [3.8, 4) is 0 Å². The van der Waals surface area contributed by atoms with Crippen LogP contribution in [-0.2, 0) is 0 Å². The van der Waals surface area contributed by atoms with Crippen LogP contribution in [0.3, 0.4) is 0 Å². The fourth-order valence-electron chi connectivity index (χ4n) is 3.06. The third kappa shape index (κ3) is 3.00. The standard InChI is InChI=1S/C13H23/c1-2-7-12(6-1)10-5-11-13-8-3-4-9-13/h5,12-13H,1-4,6-11H2. The number of rotatable bonds is 4. The molecule has 0 aromatic carbocycles. The molecular weight excluding hydrogens is 156 g/mol. The minimum Gasteiger partial charge on any atom is -0.0530 e. The van der Waals surface area contributed by atoms with Crippen molar-refractivity contribution in [2.24, 2.45) is 11.8 Å². The van der Waals surface area contributed by atoms with Crippen LogP contribution in [0.1, 0.15) is 64.2 Å². The molecule has 0 heteroatoms. The van der Waals surface area contributed by atoms with Crippen LogP contribution in [0.15, 0.2) is 0 Å². The van der Waals surface area contributed by atoms with E-state index in [0.29, 0.717) is 0 Å². The van der Waals surface area contributed by atoms with Crippen molar-refractivity contribution >= 4 is 0 Å². The Balaban J connectivity index is 1.52. The van der Waals surface area contributed by atoms with Crippen molar-refractivity contribution in [2.75, 3.05) is 0 Å². The van der Waals surface area contributed by atoms with Gasteiger partial charge in [0, 0.05) is 0 Å². The molecule has 0 spiro atoms. The minimum absolute atomic E-state index is 1.07. The van der Waals surface area contributed by atoms with E-state index in [9.17, 15) is 0 Å². The van der Waals surface area contributed by atoms with Gasteiger partial charge in [0.1, 0.15) is 0 Å². The maximum atomic E-state index is 2.60. The summed E-state index contributed by atoms with van der Waals surface area (Å²) < 4.78 is 0. The Morgan fingerprint density at radius 2 is 1.08 bits per heavy atom. The first-order valence-electron chi connectivity index (χ1n) is 6.27. The van der Waals surface area contributed by atoms with E-state index in [4.69, 9.17) is 0 Å². The summed E-state index contributed by atoms with van der Waals surface area (Å²) in [4.78, 5) is 0. The van der Waals surface area contributed by atoms with Gasteiger partial charge < -0.3 is 0 Å². The topological polar surface area (TPSA) is 0 Å². The minimum atomic E-state index is 1.07. The van der Waals surface area contributed by atoms with Gasteiger partial charge in [0.15, 0.2) is 0 Å². The van der Waals surface area contributed by atoms with Crippen LogP contribution in [-0.4, -0.2) is 0 Å². The van der Waals surface area contributed by atoms with Gasteiger partial charge in [0.2, 0.25) is 0 Å². The molecule has 2 saturated carbocycles. The summed E-state index contributed by atoms with van der Waals surface area (Å²) in [5.41, 5.74) is 0. The summed E-state index contributed by atoms with van der Waals surface area (Å²) in [6, 6.07) is 0. The molecular formula is C13H23. The third-order valence-electron chi connectivity index (χ3n) is 3.95. The summed E-state index contributed by atoms with van der Waals surface area (Å²) in [5.74, 6) is 2.14. The Kier molecular flexibility index (Phi) is 3.69. The molecule has 0 nitrogen and oxygen atoms in total. The third-order valence-corrected chi connectivity index (χ3v) is 3.95. The van der Waals surface area contributed by atoms with Crippen molar-refractivity contribution in [1.82, 2.24) is 0 Å². The molecule has 0 saturated heterocycles. The maximum Gasteiger partial charge on any atom is -0.0380 e. The van der Waals surface area contributed by atoms with Crippen LogP contribution in [0.4, 0.5) is 0 Å². The van der Waals surface area contributed by atoms with Gasteiger partial charge in [0.25, 0.3) is 0 Å². The first-order chi connectivity index (χ1) is 6.45. The Morgan fingerprint density at radius 1 is 0.692 bits per heavy atom. The van der Waals surface area contributed by atoms with Gasteiger partial charge >= 0.3 is 0 Å². The Morgan fingerprint density at radius 3 is 1.46 bits per heavy atom. The zero-order valence-electron chi connectivity index (χ0n) is 8.80. The molecule has 2 aliphatic carbocycles. The summed E-state index contributed by atoms with van der Waals surface area (Å²) in [5, 5.41) is 0. The number of hydrogen-bond donors (Lipinski definition) is 0. The zero-order chi connectivity index (χ0) is 8.93. The van der Waals surface area contributed by atoms with E-state index in [2.05, 4.69) is 6.42 Å². The molecule has 0 aromatic rings.